The molecule has 3 aliphatic carbocycles. The summed E-state index contributed by atoms with van der Waals surface area (Å²) in [6.45, 7) is 6.19. The van der Waals surface area contributed by atoms with Crippen LogP contribution in [0.1, 0.15) is 95.6 Å². The standard InChI is InChI=1S/C28H40O3/c1-4-5-6-7-8-9-10-20-17-21-18-22(30)11-12-23(21)24-15-16-28(3)25(27(20)24)13-14-26(28)31-19(2)29/h7-8,11-12,18,20,24-27,30H,4-6,9-10,13-17H2,1-3H3/t20-,24-,25+,26+,27-,28+/m1/s1. The van der Waals surface area contributed by atoms with E-state index in [9.17, 15) is 9.90 Å². The highest BCUT2D eigenvalue weighted by Gasteiger charge is 2.57. The Hall–Kier alpha value is -1.77. The molecular weight excluding hydrogens is 384 g/mol. The summed E-state index contributed by atoms with van der Waals surface area (Å²) >= 11 is 0. The van der Waals surface area contributed by atoms with Gasteiger partial charge in [-0.3, -0.25) is 4.79 Å². The Balaban J connectivity index is 1.58. The molecule has 6 atom stereocenters. The van der Waals surface area contributed by atoms with Crippen LogP contribution >= 0.6 is 0 Å². The fourth-order valence-electron chi connectivity index (χ4n) is 7.27. The van der Waals surface area contributed by atoms with Gasteiger partial charge in [0.25, 0.3) is 0 Å². The van der Waals surface area contributed by atoms with Gasteiger partial charge in [0.15, 0.2) is 0 Å². The van der Waals surface area contributed by atoms with E-state index in [0.29, 0.717) is 29.4 Å². The van der Waals surface area contributed by atoms with Gasteiger partial charge < -0.3 is 9.84 Å². The number of benzene rings is 1. The predicted octanol–water partition coefficient (Wildman–Crippen LogP) is 6.93. The van der Waals surface area contributed by atoms with Gasteiger partial charge in [0.2, 0.25) is 0 Å². The monoisotopic (exact) mass is 424 g/mol. The second-order valence-corrected chi connectivity index (χ2v) is 10.5. The molecule has 2 fully saturated rings. The molecule has 3 nitrogen and oxygen atoms in total. The third-order valence-electron chi connectivity index (χ3n) is 8.70. The first-order valence-corrected chi connectivity index (χ1v) is 12.6. The number of aromatic hydroxyl groups is 1. The molecule has 0 aromatic heterocycles. The average molecular weight is 425 g/mol. The lowest BCUT2D eigenvalue weighted by atomic mass is 9.52. The summed E-state index contributed by atoms with van der Waals surface area (Å²) < 4.78 is 5.84. The number of phenolic OH excluding ortho intramolecular Hbond substituents is 1. The Morgan fingerprint density at radius 2 is 2.03 bits per heavy atom. The molecule has 0 amide bonds. The molecule has 1 aromatic carbocycles. The van der Waals surface area contributed by atoms with E-state index in [1.54, 1.807) is 6.92 Å². The first-order valence-electron chi connectivity index (χ1n) is 12.6. The Morgan fingerprint density at radius 3 is 2.81 bits per heavy atom. The maximum Gasteiger partial charge on any atom is 0.302 e. The zero-order valence-electron chi connectivity index (χ0n) is 19.6. The number of ether oxygens (including phenoxy) is 1. The van der Waals surface area contributed by atoms with Gasteiger partial charge in [-0.2, -0.15) is 0 Å². The molecule has 3 aliphatic rings. The van der Waals surface area contributed by atoms with Crippen LogP contribution in [0.15, 0.2) is 30.4 Å². The fraction of sp³-hybridized carbons (Fsp3) is 0.679. The second kappa shape index (κ2) is 9.38. The predicted molar refractivity (Wildman–Crippen MR) is 125 cm³/mol. The topological polar surface area (TPSA) is 46.5 Å². The number of allylic oxidation sites excluding steroid dienone is 2. The summed E-state index contributed by atoms with van der Waals surface area (Å²) in [5.74, 6) is 2.74. The van der Waals surface area contributed by atoms with Crippen molar-refractivity contribution in [2.75, 3.05) is 0 Å². The van der Waals surface area contributed by atoms with Crippen molar-refractivity contribution in [1.82, 2.24) is 0 Å². The lowest BCUT2D eigenvalue weighted by Gasteiger charge is -2.53. The van der Waals surface area contributed by atoms with Crippen molar-refractivity contribution < 1.29 is 14.6 Å². The van der Waals surface area contributed by atoms with Gasteiger partial charge in [-0.1, -0.05) is 44.9 Å². The number of esters is 1. The number of phenols is 1. The van der Waals surface area contributed by atoms with Crippen molar-refractivity contribution in [3.63, 3.8) is 0 Å². The number of rotatable bonds is 7. The third kappa shape index (κ3) is 4.43. The molecule has 1 aromatic rings. The Morgan fingerprint density at radius 1 is 1.23 bits per heavy atom. The molecule has 0 bridgehead atoms. The van der Waals surface area contributed by atoms with Crippen molar-refractivity contribution in [3.05, 3.63) is 41.5 Å². The van der Waals surface area contributed by atoms with E-state index in [1.165, 1.54) is 43.2 Å². The van der Waals surface area contributed by atoms with Gasteiger partial charge in [0.1, 0.15) is 11.9 Å². The van der Waals surface area contributed by atoms with Crippen LogP contribution in [-0.2, 0) is 16.0 Å². The number of carbonyl (C=O) groups excluding carboxylic acids is 1. The van der Waals surface area contributed by atoms with Gasteiger partial charge in [-0.05, 0) is 98.3 Å². The molecule has 1 N–H and O–H groups in total. The fourth-order valence-corrected chi connectivity index (χ4v) is 7.27. The summed E-state index contributed by atoms with van der Waals surface area (Å²) in [7, 11) is 0. The molecule has 31 heavy (non-hydrogen) atoms. The van der Waals surface area contributed by atoms with Gasteiger partial charge >= 0.3 is 5.97 Å². The zero-order chi connectivity index (χ0) is 22.0. The van der Waals surface area contributed by atoms with Crippen molar-refractivity contribution in [3.8, 4) is 5.75 Å². The van der Waals surface area contributed by atoms with Crippen molar-refractivity contribution in [1.29, 1.82) is 0 Å². The molecule has 0 aliphatic heterocycles. The Bertz CT molecular complexity index is 812. The number of fused-ring (bicyclic) bond motifs is 5. The first-order chi connectivity index (χ1) is 14.9. The SMILES string of the molecule is CCCCC=CCC[C@@H]1Cc2cc(O)ccc2[C@H]2CC[C@]3(C)[C@@H](OC(C)=O)CC[C@H]3[C@H]12. The van der Waals surface area contributed by atoms with Crippen LogP contribution in [0.3, 0.4) is 0 Å². The van der Waals surface area contributed by atoms with Crippen LogP contribution in [0.4, 0.5) is 0 Å². The van der Waals surface area contributed by atoms with Crippen molar-refractivity contribution in [2.45, 2.75) is 97.0 Å². The van der Waals surface area contributed by atoms with E-state index in [4.69, 9.17) is 4.74 Å². The van der Waals surface area contributed by atoms with Crippen LogP contribution < -0.4 is 0 Å². The zero-order valence-corrected chi connectivity index (χ0v) is 19.6. The minimum Gasteiger partial charge on any atom is -0.508 e. The van der Waals surface area contributed by atoms with E-state index >= 15 is 0 Å². The van der Waals surface area contributed by atoms with Gasteiger partial charge in [-0.25, -0.2) is 0 Å². The lowest BCUT2D eigenvalue weighted by molar-refractivity contribution is -0.155. The third-order valence-corrected chi connectivity index (χ3v) is 8.70. The van der Waals surface area contributed by atoms with E-state index in [-0.39, 0.29) is 17.5 Å². The molecule has 0 spiro atoms. The van der Waals surface area contributed by atoms with Crippen LogP contribution in [0.5, 0.6) is 5.75 Å². The Labute approximate surface area is 188 Å². The Kier molecular flexibility index (Phi) is 6.79. The average Bonchev–Trinajstić information content (AvgIpc) is 3.05. The molecule has 4 rings (SSSR count). The highest BCUT2D eigenvalue weighted by atomic mass is 16.5. The van der Waals surface area contributed by atoms with E-state index in [0.717, 1.165) is 32.1 Å². The maximum absolute atomic E-state index is 11.8. The van der Waals surface area contributed by atoms with Crippen LogP contribution in [-0.4, -0.2) is 17.2 Å². The molecule has 0 radical (unpaired) electrons. The molecular formula is C28H40O3. The molecule has 0 saturated heterocycles. The maximum atomic E-state index is 11.8. The number of hydrogen-bond acceptors (Lipinski definition) is 3. The number of unbranched alkanes of at least 4 members (excludes halogenated alkanes) is 2. The molecule has 0 unspecified atom stereocenters. The van der Waals surface area contributed by atoms with Crippen molar-refractivity contribution in [2.24, 2.45) is 23.2 Å². The minimum atomic E-state index is -0.132. The summed E-state index contributed by atoms with van der Waals surface area (Å²) in [5, 5.41) is 10.1. The summed E-state index contributed by atoms with van der Waals surface area (Å²) in [6.07, 6.45) is 16.4. The summed E-state index contributed by atoms with van der Waals surface area (Å²) in [5.41, 5.74) is 2.94. The van der Waals surface area contributed by atoms with Crippen molar-refractivity contribution >= 4 is 5.97 Å². The van der Waals surface area contributed by atoms with Crippen LogP contribution in [0.2, 0.25) is 0 Å². The molecule has 2 saturated carbocycles. The molecule has 3 heteroatoms. The molecule has 0 heterocycles. The second-order valence-electron chi connectivity index (χ2n) is 10.5. The van der Waals surface area contributed by atoms with Gasteiger partial charge in [0, 0.05) is 12.3 Å². The minimum absolute atomic E-state index is 0.0757. The normalized spacial score (nSPS) is 34.2. The van der Waals surface area contributed by atoms with Gasteiger partial charge in [0.05, 0.1) is 0 Å². The highest BCUT2D eigenvalue weighted by Crippen LogP contribution is 2.63. The van der Waals surface area contributed by atoms with E-state index in [2.05, 4.69) is 32.1 Å². The number of carbonyl (C=O) groups is 1. The first kappa shape index (κ1) is 22.4. The van der Waals surface area contributed by atoms with Crippen LogP contribution in [0.25, 0.3) is 0 Å². The summed E-state index contributed by atoms with van der Waals surface area (Å²) in [6, 6.07) is 6.07. The van der Waals surface area contributed by atoms with Gasteiger partial charge in [-0.15, -0.1) is 0 Å². The van der Waals surface area contributed by atoms with E-state index < -0.39 is 0 Å². The lowest BCUT2D eigenvalue weighted by Crippen LogP contribution is -2.48. The highest BCUT2D eigenvalue weighted by molar-refractivity contribution is 5.66. The quantitative estimate of drug-likeness (QED) is 0.293. The van der Waals surface area contributed by atoms with Crippen LogP contribution in [0, 0.1) is 23.2 Å². The largest absolute Gasteiger partial charge is 0.508 e. The molecule has 170 valence electrons. The van der Waals surface area contributed by atoms with E-state index in [1.807, 2.05) is 12.1 Å². The summed E-state index contributed by atoms with van der Waals surface area (Å²) in [4.78, 5) is 11.8. The smallest absolute Gasteiger partial charge is 0.302 e. The number of hydrogen-bond donors (Lipinski definition) is 1.